The lowest BCUT2D eigenvalue weighted by Gasteiger charge is -2.24. The molecule has 2 unspecified atom stereocenters. The van der Waals surface area contributed by atoms with Gasteiger partial charge in [0.1, 0.15) is 11.4 Å². The van der Waals surface area contributed by atoms with Crippen LogP contribution in [0, 0.1) is 5.92 Å². The van der Waals surface area contributed by atoms with Gasteiger partial charge in [0.05, 0.1) is 6.04 Å². The number of carbonyl (C=O) groups excluding carboxylic acids is 1. The Bertz CT molecular complexity index is 510. The highest BCUT2D eigenvalue weighted by Gasteiger charge is 2.29. The normalized spacial score (nSPS) is 20.2. The largest absolute Gasteiger partial charge is 0.453 e. The summed E-state index contributed by atoms with van der Waals surface area (Å²) in [4.78, 5) is 13.8. The molecule has 1 aliphatic rings. The molecule has 1 saturated heterocycles. The van der Waals surface area contributed by atoms with Crippen molar-refractivity contribution in [3.63, 3.8) is 0 Å². The van der Waals surface area contributed by atoms with Crippen molar-refractivity contribution in [2.45, 2.75) is 45.8 Å². The first-order valence-corrected chi connectivity index (χ1v) is 8.50. The van der Waals surface area contributed by atoms with Gasteiger partial charge in [0.25, 0.3) is 0 Å². The summed E-state index contributed by atoms with van der Waals surface area (Å²) in [6.07, 6.45) is 0.791. The number of halogens is 1. The lowest BCUT2D eigenvalue weighted by Crippen LogP contribution is -2.36. The molecule has 0 radical (unpaired) electrons. The van der Waals surface area contributed by atoms with Crippen LogP contribution >= 0.6 is 15.9 Å². The molecule has 124 valence electrons. The highest BCUT2D eigenvalue weighted by atomic mass is 79.9. The fraction of sp³-hybridized carbons (Fsp3) is 0.688. The second-order valence-corrected chi connectivity index (χ2v) is 7.63. The Hall–Kier alpha value is -1.01. The summed E-state index contributed by atoms with van der Waals surface area (Å²) in [7, 11) is 0. The Labute approximate surface area is 140 Å². The molecule has 2 rings (SSSR count). The number of nitrogens with one attached hydrogen (secondary N) is 1. The molecular weight excluding hydrogens is 348 g/mol. The van der Waals surface area contributed by atoms with E-state index in [0.717, 1.165) is 36.5 Å². The Morgan fingerprint density at radius 3 is 2.86 bits per heavy atom. The number of nitrogens with zero attached hydrogens (tertiary/aromatic N) is 1. The van der Waals surface area contributed by atoms with Crippen LogP contribution in [0.5, 0.6) is 0 Å². The molecule has 0 bridgehead atoms. The third kappa shape index (κ3) is 5.02. The molecule has 1 amide bonds. The van der Waals surface area contributed by atoms with Crippen molar-refractivity contribution in [1.82, 2.24) is 10.2 Å². The molecule has 1 aromatic rings. The molecule has 2 atom stereocenters. The number of ether oxygens (including phenoxy) is 1. The van der Waals surface area contributed by atoms with Crippen molar-refractivity contribution in [3.05, 3.63) is 22.6 Å². The second kappa shape index (κ2) is 7.04. The van der Waals surface area contributed by atoms with Crippen molar-refractivity contribution in [2.75, 3.05) is 19.6 Å². The van der Waals surface area contributed by atoms with Gasteiger partial charge >= 0.3 is 6.09 Å². The van der Waals surface area contributed by atoms with E-state index in [1.165, 1.54) is 0 Å². The average Bonchev–Trinajstić information content (AvgIpc) is 3.02. The molecule has 22 heavy (non-hydrogen) atoms. The summed E-state index contributed by atoms with van der Waals surface area (Å²) < 4.78 is 11.7. The highest BCUT2D eigenvalue weighted by Crippen LogP contribution is 2.22. The maximum atomic E-state index is 12.0. The molecule has 1 fully saturated rings. The summed E-state index contributed by atoms with van der Waals surface area (Å²) in [5.74, 6) is 1.36. The molecule has 2 heterocycles. The molecule has 0 saturated carbocycles. The fourth-order valence-corrected chi connectivity index (χ4v) is 2.82. The zero-order chi connectivity index (χ0) is 16.3. The van der Waals surface area contributed by atoms with E-state index in [2.05, 4.69) is 28.2 Å². The first-order valence-electron chi connectivity index (χ1n) is 7.71. The van der Waals surface area contributed by atoms with Crippen LogP contribution in [0.2, 0.25) is 0 Å². The van der Waals surface area contributed by atoms with Gasteiger partial charge in [-0.2, -0.15) is 0 Å². The second-order valence-electron chi connectivity index (χ2n) is 6.85. The summed E-state index contributed by atoms with van der Waals surface area (Å²) in [6, 6.07) is 4.01. The molecule has 1 aromatic heterocycles. The van der Waals surface area contributed by atoms with Crippen LogP contribution in [-0.4, -0.2) is 36.2 Å². The van der Waals surface area contributed by atoms with Gasteiger partial charge in [-0.3, -0.25) is 0 Å². The molecule has 6 heteroatoms. The number of likely N-dealkylation sites (tertiary alicyclic amines) is 1. The zero-order valence-electron chi connectivity index (χ0n) is 13.7. The van der Waals surface area contributed by atoms with Gasteiger partial charge < -0.3 is 19.4 Å². The monoisotopic (exact) mass is 372 g/mol. The lowest BCUT2D eigenvalue weighted by molar-refractivity contribution is 0.0288. The minimum Gasteiger partial charge on any atom is -0.453 e. The third-order valence-corrected chi connectivity index (χ3v) is 4.10. The number of carbonyl (C=O) groups is 1. The maximum absolute atomic E-state index is 12.0. The van der Waals surface area contributed by atoms with Gasteiger partial charge in [-0.25, -0.2) is 4.79 Å². The fourth-order valence-electron chi connectivity index (χ4n) is 2.50. The van der Waals surface area contributed by atoms with E-state index in [0.29, 0.717) is 5.92 Å². The SMILES string of the molecule is CC(NCC1CCN(C(=O)OC(C)(C)C)C1)c1ccc(Br)o1. The topological polar surface area (TPSA) is 54.7 Å². The van der Waals surface area contributed by atoms with E-state index in [1.807, 2.05) is 32.9 Å². The van der Waals surface area contributed by atoms with Crippen molar-refractivity contribution in [2.24, 2.45) is 5.92 Å². The van der Waals surface area contributed by atoms with E-state index < -0.39 is 5.60 Å². The Morgan fingerprint density at radius 2 is 2.27 bits per heavy atom. The standard InChI is InChI=1S/C16H25BrN2O3/c1-11(13-5-6-14(17)21-13)18-9-12-7-8-19(10-12)15(20)22-16(2,3)4/h5-6,11-12,18H,7-10H2,1-4H3. The van der Waals surface area contributed by atoms with Gasteiger partial charge in [-0.15, -0.1) is 0 Å². The van der Waals surface area contributed by atoms with E-state index in [9.17, 15) is 4.79 Å². The molecule has 1 N–H and O–H groups in total. The van der Waals surface area contributed by atoms with Gasteiger partial charge in [0.15, 0.2) is 4.67 Å². The lowest BCUT2D eigenvalue weighted by atomic mass is 10.1. The van der Waals surface area contributed by atoms with E-state index >= 15 is 0 Å². The van der Waals surface area contributed by atoms with Crippen molar-refractivity contribution < 1.29 is 13.9 Å². The number of hydrogen-bond donors (Lipinski definition) is 1. The van der Waals surface area contributed by atoms with Crippen LogP contribution in [0.1, 0.15) is 45.9 Å². The summed E-state index contributed by atoms with van der Waals surface area (Å²) in [6.45, 7) is 10.1. The highest BCUT2D eigenvalue weighted by molar-refractivity contribution is 9.10. The minimum absolute atomic E-state index is 0.155. The number of rotatable bonds is 4. The molecule has 1 aliphatic heterocycles. The summed E-state index contributed by atoms with van der Waals surface area (Å²) in [5, 5.41) is 3.47. The van der Waals surface area contributed by atoms with Crippen molar-refractivity contribution in [3.8, 4) is 0 Å². The van der Waals surface area contributed by atoms with Gasteiger partial charge in [0, 0.05) is 19.6 Å². The van der Waals surface area contributed by atoms with E-state index in [1.54, 1.807) is 4.90 Å². The maximum Gasteiger partial charge on any atom is 0.410 e. The predicted molar refractivity (Wildman–Crippen MR) is 88.7 cm³/mol. The number of furan rings is 1. The molecule has 0 spiro atoms. The Morgan fingerprint density at radius 1 is 1.55 bits per heavy atom. The smallest absolute Gasteiger partial charge is 0.410 e. The van der Waals surface area contributed by atoms with Crippen LogP contribution in [0.15, 0.2) is 21.2 Å². The van der Waals surface area contributed by atoms with Crippen LogP contribution in [0.4, 0.5) is 4.79 Å². The first-order chi connectivity index (χ1) is 10.2. The summed E-state index contributed by atoms with van der Waals surface area (Å²) >= 11 is 3.31. The molecule has 0 aliphatic carbocycles. The van der Waals surface area contributed by atoms with Crippen molar-refractivity contribution in [1.29, 1.82) is 0 Å². The van der Waals surface area contributed by atoms with Gasteiger partial charge in [-0.05, 0) is 68.1 Å². The van der Waals surface area contributed by atoms with E-state index in [-0.39, 0.29) is 12.1 Å². The van der Waals surface area contributed by atoms with Gasteiger partial charge in [-0.1, -0.05) is 0 Å². The zero-order valence-corrected chi connectivity index (χ0v) is 15.3. The Balaban J connectivity index is 1.75. The van der Waals surface area contributed by atoms with Crippen LogP contribution in [0.3, 0.4) is 0 Å². The van der Waals surface area contributed by atoms with Crippen LogP contribution in [-0.2, 0) is 4.74 Å². The van der Waals surface area contributed by atoms with Gasteiger partial charge in [0.2, 0.25) is 0 Å². The average molecular weight is 373 g/mol. The third-order valence-electron chi connectivity index (χ3n) is 3.67. The molecular formula is C16H25BrN2O3. The quantitative estimate of drug-likeness (QED) is 0.868. The number of hydrogen-bond acceptors (Lipinski definition) is 4. The van der Waals surface area contributed by atoms with Crippen molar-refractivity contribution >= 4 is 22.0 Å². The van der Waals surface area contributed by atoms with Crippen LogP contribution in [0.25, 0.3) is 0 Å². The number of amides is 1. The summed E-state index contributed by atoms with van der Waals surface area (Å²) in [5.41, 5.74) is -0.436. The Kier molecular flexibility index (Phi) is 5.55. The van der Waals surface area contributed by atoms with Crippen LogP contribution < -0.4 is 5.32 Å². The predicted octanol–water partition coefficient (Wildman–Crippen LogP) is 3.95. The molecule has 5 nitrogen and oxygen atoms in total. The molecule has 0 aromatic carbocycles. The first kappa shape index (κ1) is 17.3. The van der Waals surface area contributed by atoms with E-state index in [4.69, 9.17) is 9.15 Å². The minimum atomic E-state index is -0.436.